The lowest BCUT2D eigenvalue weighted by atomic mass is 10.1. The Balaban J connectivity index is 1.14. The van der Waals surface area contributed by atoms with Crippen molar-refractivity contribution >= 4 is 27.6 Å². The summed E-state index contributed by atoms with van der Waals surface area (Å²) >= 11 is 0. The van der Waals surface area contributed by atoms with E-state index in [1.807, 2.05) is 72.8 Å². The van der Waals surface area contributed by atoms with Gasteiger partial charge < -0.3 is 18.5 Å². The van der Waals surface area contributed by atoms with E-state index in [2.05, 4.69) is 64.3 Å². The number of hydrogen-bond donors (Lipinski definition) is 0. The molecule has 0 N–H and O–H groups in total. The third kappa shape index (κ3) is 5.57. The number of carbonyl (C=O) groups excluding carboxylic acids is 1. The van der Waals surface area contributed by atoms with Crippen molar-refractivity contribution in [1.82, 2.24) is 9.55 Å². The van der Waals surface area contributed by atoms with E-state index < -0.39 is 12.1 Å². The first kappa shape index (κ1) is 27.2. The molecule has 1 unspecified atom stereocenters. The fourth-order valence-corrected chi connectivity index (χ4v) is 5.61. The summed E-state index contributed by atoms with van der Waals surface area (Å²) < 4.78 is 19.7. The van der Waals surface area contributed by atoms with Crippen LogP contribution < -0.4 is 4.74 Å². The van der Waals surface area contributed by atoms with Crippen LogP contribution in [-0.2, 0) is 22.5 Å². The number of oxazole rings is 1. The Morgan fingerprint density at radius 3 is 2.32 bits per heavy atom. The molecule has 0 aliphatic rings. The molecule has 6 nitrogen and oxygen atoms in total. The van der Waals surface area contributed by atoms with Gasteiger partial charge in [-0.15, -0.1) is 0 Å². The largest absolute Gasteiger partial charge is 0.478 e. The number of nitrogens with zero attached hydrogens (tertiary/aromatic N) is 2. The summed E-state index contributed by atoms with van der Waals surface area (Å²) in [7, 11) is 1.38. The summed E-state index contributed by atoms with van der Waals surface area (Å²) in [5, 5.41) is 3.10. The molecule has 0 saturated heterocycles. The van der Waals surface area contributed by atoms with Crippen molar-refractivity contribution in [2.45, 2.75) is 19.1 Å². The van der Waals surface area contributed by atoms with Crippen molar-refractivity contribution in [3.8, 4) is 28.5 Å². The second kappa shape index (κ2) is 11.9. The maximum Gasteiger partial charge on any atom is 0.347 e. The summed E-state index contributed by atoms with van der Waals surface area (Å²) in [5.41, 5.74) is 5.25. The van der Waals surface area contributed by atoms with Gasteiger partial charge in [-0.25, -0.2) is 9.78 Å². The highest BCUT2D eigenvalue weighted by Gasteiger charge is 2.22. The number of ether oxygens (including phenoxy) is 2. The third-order valence-corrected chi connectivity index (χ3v) is 7.82. The Morgan fingerprint density at radius 1 is 0.818 bits per heavy atom. The Kier molecular flexibility index (Phi) is 7.39. The van der Waals surface area contributed by atoms with Gasteiger partial charge in [0.1, 0.15) is 5.75 Å². The van der Waals surface area contributed by atoms with E-state index in [4.69, 9.17) is 13.9 Å². The number of benzene rings is 5. The summed E-state index contributed by atoms with van der Waals surface area (Å²) in [6.45, 7) is 0.762. The summed E-state index contributed by atoms with van der Waals surface area (Å²) in [6, 6.07) is 40.4. The molecule has 1 atom stereocenters. The van der Waals surface area contributed by atoms with E-state index in [-0.39, 0.29) is 0 Å². The maximum atomic E-state index is 12.5. The monoisotopic (exact) mass is 578 g/mol. The van der Waals surface area contributed by atoms with Crippen LogP contribution in [0.25, 0.3) is 44.5 Å². The van der Waals surface area contributed by atoms with Crippen LogP contribution in [0.2, 0.25) is 0 Å². The average molecular weight is 579 g/mol. The Morgan fingerprint density at radius 2 is 1.52 bits per heavy atom. The summed E-state index contributed by atoms with van der Waals surface area (Å²) in [5.74, 6) is 1.47. The van der Waals surface area contributed by atoms with Crippen molar-refractivity contribution in [3.63, 3.8) is 0 Å². The number of methoxy groups -OCH3 is 1. The molecule has 2 heterocycles. The predicted molar refractivity (Wildman–Crippen MR) is 172 cm³/mol. The van der Waals surface area contributed by atoms with Gasteiger partial charge in [-0.2, -0.15) is 0 Å². The van der Waals surface area contributed by atoms with Crippen LogP contribution in [0.1, 0.15) is 11.1 Å². The topological polar surface area (TPSA) is 66.5 Å². The molecule has 0 spiro atoms. The van der Waals surface area contributed by atoms with Gasteiger partial charge in [0.15, 0.2) is 11.9 Å². The quantitative estimate of drug-likeness (QED) is 0.161. The standard InChI is InChI=1S/C38H30N2O4/c1-42-38(41)35(20-26-10-4-2-5-11-26)43-31-19-18-28-21-30(17-16-29(28)22-31)36-23-39-37(44-36)33-25-40(24-27-12-6-3-7-13-27)34-15-9-8-14-32(33)34/h2-19,21-23,25,35H,20,24H2,1H3. The molecule has 6 heteroatoms. The van der Waals surface area contributed by atoms with Crippen molar-refractivity contribution < 1.29 is 18.7 Å². The Hall–Kier alpha value is -5.62. The third-order valence-electron chi connectivity index (χ3n) is 7.82. The van der Waals surface area contributed by atoms with Gasteiger partial charge in [-0.3, -0.25) is 0 Å². The van der Waals surface area contributed by atoms with E-state index in [1.54, 1.807) is 6.20 Å². The number of esters is 1. The minimum atomic E-state index is -0.745. The number of rotatable bonds is 9. The summed E-state index contributed by atoms with van der Waals surface area (Å²) in [4.78, 5) is 17.2. The zero-order chi connectivity index (χ0) is 29.9. The maximum absolute atomic E-state index is 12.5. The highest BCUT2D eigenvalue weighted by molar-refractivity contribution is 5.94. The van der Waals surface area contributed by atoms with Gasteiger partial charge in [-0.1, -0.05) is 97.1 Å². The number of aromatic nitrogens is 2. The zero-order valence-electron chi connectivity index (χ0n) is 24.2. The zero-order valence-corrected chi connectivity index (χ0v) is 24.2. The van der Waals surface area contributed by atoms with Crippen molar-refractivity contribution in [1.29, 1.82) is 0 Å². The molecule has 5 aromatic carbocycles. The molecule has 216 valence electrons. The normalized spacial score (nSPS) is 11.9. The van der Waals surface area contributed by atoms with Gasteiger partial charge in [0.25, 0.3) is 0 Å². The SMILES string of the molecule is COC(=O)C(Cc1ccccc1)Oc1ccc2cc(-c3cnc(-c4cn(Cc5ccccc5)c5ccccc45)o3)ccc2c1. The Labute approximate surface area is 255 Å². The van der Waals surface area contributed by atoms with Crippen molar-refractivity contribution in [3.05, 3.63) is 145 Å². The van der Waals surface area contributed by atoms with Crippen LogP contribution in [0.15, 0.2) is 138 Å². The van der Waals surface area contributed by atoms with E-state index in [0.717, 1.165) is 44.9 Å². The smallest absolute Gasteiger partial charge is 0.347 e. The minimum absolute atomic E-state index is 0.409. The lowest BCUT2D eigenvalue weighted by Gasteiger charge is -2.17. The van der Waals surface area contributed by atoms with Crippen LogP contribution in [0.5, 0.6) is 5.75 Å². The fraction of sp³-hybridized carbons (Fsp3) is 0.105. The molecule has 0 aliphatic heterocycles. The summed E-state index contributed by atoms with van der Waals surface area (Å²) in [6.07, 6.45) is 3.57. The van der Waals surface area contributed by atoms with Crippen LogP contribution in [-0.4, -0.2) is 28.7 Å². The van der Waals surface area contributed by atoms with Crippen LogP contribution >= 0.6 is 0 Å². The van der Waals surface area contributed by atoms with Gasteiger partial charge >= 0.3 is 5.97 Å². The van der Waals surface area contributed by atoms with Crippen LogP contribution in [0.4, 0.5) is 0 Å². The Bertz CT molecular complexity index is 2060. The van der Waals surface area contributed by atoms with Crippen molar-refractivity contribution in [2.24, 2.45) is 0 Å². The fourth-order valence-electron chi connectivity index (χ4n) is 5.61. The molecule has 7 aromatic rings. The number of hydrogen-bond acceptors (Lipinski definition) is 5. The minimum Gasteiger partial charge on any atom is -0.478 e. The van der Waals surface area contributed by atoms with Gasteiger partial charge in [-0.05, 0) is 46.2 Å². The predicted octanol–water partition coefficient (Wildman–Crippen LogP) is 8.33. The first-order chi connectivity index (χ1) is 21.6. The number of carbonyl (C=O) groups is 1. The molecular weight excluding hydrogens is 548 g/mol. The molecule has 0 radical (unpaired) electrons. The van der Waals surface area contributed by atoms with Crippen LogP contribution in [0.3, 0.4) is 0 Å². The highest BCUT2D eigenvalue weighted by atomic mass is 16.6. The molecule has 44 heavy (non-hydrogen) atoms. The second-order valence-corrected chi connectivity index (χ2v) is 10.7. The average Bonchev–Trinajstić information content (AvgIpc) is 3.70. The molecular formula is C38H30N2O4. The second-order valence-electron chi connectivity index (χ2n) is 10.7. The first-order valence-corrected chi connectivity index (χ1v) is 14.6. The lowest BCUT2D eigenvalue weighted by Crippen LogP contribution is -2.30. The van der Waals surface area contributed by atoms with Crippen molar-refractivity contribution in [2.75, 3.05) is 7.11 Å². The van der Waals surface area contributed by atoms with Gasteiger partial charge in [0.05, 0.1) is 18.9 Å². The number of para-hydroxylation sites is 1. The number of fused-ring (bicyclic) bond motifs is 2. The van der Waals surface area contributed by atoms with E-state index in [1.165, 1.54) is 12.7 Å². The van der Waals surface area contributed by atoms with E-state index in [9.17, 15) is 4.79 Å². The first-order valence-electron chi connectivity index (χ1n) is 14.6. The van der Waals surface area contributed by atoms with Gasteiger partial charge in [0, 0.05) is 35.6 Å². The molecule has 7 rings (SSSR count). The molecule has 0 fully saturated rings. The molecule has 0 saturated carbocycles. The molecule has 2 aromatic heterocycles. The molecule has 0 aliphatic carbocycles. The van der Waals surface area contributed by atoms with E-state index >= 15 is 0 Å². The highest BCUT2D eigenvalue weighted by Crippen LogP contribution is 2.34. The van der Waals surface area contributed by atoms with Gasteiger partial charge in [0.2, 0.25) is 5.89 Å². The van der Waals surface area contributed by atoms with Crippen LogP contribution in [0, 0.1) is 0 Å². The van der Waals surface area contributed by atoms with E-state index in [0.29, 0.717) is 23.8 Å². The molecule has 0 bridgehead atoms. The molecule has 0 amide bonds. The lowest BCUT2D eigenvalue weighted by molar-refractivity contribution is -0.148.